The summed E-state index contributed by atoms with van der Waals surface area (Å²) in [6.07, 6.45) is 3.58. The standard InChI is InChI=1S/C25H30N4O4/c26-25(32)17-11-13-29(14-12-17)22-5-2-1-4-21(22)28-23(30)6-3-15-33-19-8-9-20-18(16-19)7-10-24(31)27-20/h1-2,4-5,8-9,16-17H,3,6-7,10-15H2,(H2,26,32)(H,27,31)(H,28,30). The summed E-state index contributed by atoms with van der Waals surface area (Å²) >= 11 is 0. The van der Waals surface area contributed by atoms with E-state index in [1.54, 1.807) is 0 Å². The van der Waals surface area contributed by atoms with Gasteiger partial charge in [0.2, 0.25) is 17.7 Å². The number of nitrogens with two attached hydrogens (primary N) is 1. The lowest BCUT2D eigenvalue weighted by Crippen LogP contribution is -2.38. The molecule has 4 rings (SSSR count). The Morgan fingerprint density at radius 1 is 1.12 bits per heavy atom. The van der Waals surface area contributed by atoms with E-state index in [0.717, 1.165) is 54.3 Å². The largest absolute Gasteiger partial charge is 0.494 e. The van der Waals surface area contributed by atoms with E-state index in [-0.39, 0.29) is 23.6 Å². The van der Waals surface area contributed by atoms with Crippen molar-refractivity contribution in [1.29, 1.82) is 0 Å². The second-order valence-electron chi connectivity index (χ2n) is 8.55. The zero-order valence-electron chi connectivity index (χ0n) is 18.6. The van der Waals surface area contributed by atoms with Crippen LogP contribution in [0, 0.1) is 5.92 Å². The number of para-hydroxylation sites is 2. The van der Waals surface area contributed by atoms with Crippen LogP contribution in [0.1, 0.15) is 37.7 Å². The third-order valence-electron chi connectivity index (χ3n) is 6.21. The SMILES string of the molecule is NC(=O)C1CCN(c2ccccc2NC(=O)CCCOc2ccc3c(c2)CCC(=O)N3)CC1. The summed E-state index contributed by atoms with van der Waals surface area (Å²) in [7, 11) is 0. The zero-order valence-corrected chi connectivity index (χ0v) is 18.6. The number of anilines is 3. The lowest BCUT2D eigenvalue weighted by molar-refractivity contribution is -0.122. The van der Waals surface area contributed by atoms with Crippen LogP contribution in [0.4, 0.5) is 17.1 Å². The molecule has 0 aromatic heterocycles. The number of primary amides is 1. The number of hydrogen-bond donors (Lipinski definition) is 3. The molecule has 0 atom stereocenters. The molecule has 2 aromatic rings. The van der Waals surface area contributed by atoms with Gasteiger partial charge in [0.05, 0.1) is 18.0 Å². The molecule has 8 nitrogen and oxygen atoms in total. The summed E-state index contributed by atoms with van der Waals surface area (Å²) < 4.78 is 5.81. The maximum absolute atomic E-state index is 12.5. The molecule has 0 radical (unpaired) electrons. The first kappa shape index (κ1) is 22.6. The number of carbonyl (C=O) groups excluding carboxylic acids is 3. The number of benzene rings is 2. The second-order valence-corrected chi connectivity index (χ2v) is 8.55. The molecule has 2 heterocycles. The predicted molar refractivity (Wildman–Crippen MR) is 127 cm³/mol. The quantitative estimate of drug-likeness (QED) is 0.535. The number of amides is 3. The van der Waals surface area contributed by atoms with Crippen LogP contribution < -0.4 is 26.0 Å². The van der Waals surface area contributed by atoms with Crippen molar-refractivity contribution < 1.29 is 19.1 Å². The molecule has 0 saturated carbocycles. The summed E-state index contributed by atoms with van der Waals surface area (Å²) in [5, 5.41) is 5.87. The lowest BCUT2D eigenvalue weighted by Gasteiger charge is -2.33. The van der Waals surface area contributed by atoms with Gasteiger partial charge in [-0.3, -0.25) is 14.4 Å². The average molecular weight is 451 g/mol. The van der Waals surface area contributed by atoms with E-state index in [0.29, 0.717) is 32.3 Å². The Morgan fingerprint density at radius 3 is 2.70 bits per heavy atom. The van der Waals surface area contributed by atoms with Crippen LogP contribution in [0.15, 0.2) is 42.5 Å². The Morgan fingerprint density at radius 2 is 1.91 bits per heavy atom. The topological polar surface area (TPSA) is 114 Å². The molecule has 33 heavy (non-hydrogen) atoms. The van der Waals surface area contributed by atoms with Crippen molar-refractivity contribution >= 4 is 34.8 Å². The van der Waals surface area contributed by atoms with Crippen molar-refractivity contribution in [1.82, 2.24) is 0 Å². The van der Waals surface area contributed by atoms with E-state index in [1.165, 1.54) is 0 Å². The number of nitrogens with zero attached hydrogens (tertiary/aromatic N) is 1. The number of rotatable bonds is 8. The number of nitrogens with one attached hydrogen (secondary N) is 2. The van der Waals surface area contributed by atoms with Crippen LogP contribution in [-0.2, 0) is 20.8 Å². The Labute approximate surface area is 193 Å². The molecule has 2 aromatic carbocycles. The minimum atomic E-state index is -0.236. The highest BCUT2D eigenvalue weighted by molar-refractivity contribution is 5.95. The number of ether oxygens (including phenoxy) is 1. The van der Waals surface area contributed by atoms with E-state index >= 15 is 0 Å². The van der Waals surface area contributed by atoms with Crippen LogP contribution in [0.25, 0.3) is 0 Å². The Kier molecular flexibility index (Phi) is 7.12. The van der Waals surface area contributed by atoms with Gasteiger partial charge in [-0.1, -0.05) is 12.1 Å². The predicted octanol–water partition coefficient (Wildman–Crippen LogP) is 3.07. The van der Waals surface area contributed by atoms with Crippen molar-refractivity contribution in [2.24, 2.45) is 11.7 Å². The van der Waals surface area contributed by atoms with Gasteiger partial charge >= 0.3 is 0 Å². The van der Waals surface area contributed by atoms with Crippen molar-refractivity contribution in [2.45, 2.75) is 38.5 Å². The molecule has 0 aliphatic carbocycles. The zero-order chi connectivity index (χ0) is 23.2. The van der Waals surface area contributed by atoms with Gasteiger partial charge in [0, 0.05) is 37.5 Å². The molecule has 2 aliphatic heterocycles. The monoisotopic (exact) mass is 450 g/mol. The fourth-order valence-corrected chi connectivity index (χ4v) is 4.35. The van der Waals surface area contributed by atoms with Crippen molar-refractivity contribution in [2.75, 3.05) is 35.2 Å². The summed E-state index contributed by atoms with van der Waals surface area (Å²) in [6, 6.07) is 13.4. The first-order valence-electron chi connectivity index (χ1n) is 11.5. The third kappa shape index (κ3) is 5.83. The first-order chi connectivity index (χ1) is 16.0. The minimum absolute atomic E-state index is 0.0406. The first-order valence-corrected chi connectivity index (χ1v) is 11.5. The van der Waals surface area contributed by atoms with Crippen LogP contribution in [0.3, 0.4) is 0 Å². The third-order valence-corrected chi connectivity index (χ3v) is 6.21. The molecule has 1 fully saturated rings. The highest BCUT2D eigenvalue weighted by Gasteiger charge is 2.24. The van der Waals surface area contributed by atoms with E-state index in [1.807, 2.05) is 42.5 Å². The second kappa shape index (κ2) is 10.4. The summed E-state index contributed by atoms with van der Waals surface area (Å²) in [5.41, 5.74) is 9.09. The van der Waals surface area contributed by atoms with Crippen LogP contribution in [-0.4, -0.2) is 37.4 Å². The van der Waals surface area contributed by atoms with Crippen molar-refractivity contribution in [3.63, 3.8) is 0 Å². The fraction of sp³-hybridized carbons (Fsp3) is 0.400. The number of aryl methyl sites for hydroxylation is 1. The number of fused-ring (bicyclic) bond motifs is 1. The van der Waals surface area contributed by atoms with Gasteiger partial charge in [-0.25, -0.2) is 0 Å². The molecular formula is C25H30N4O4. The molecular weight excluding hydrogens is 420 g/mol. The van der Waals surface area contributed by atoms with E-state index in [9.17, 15) is 14.4 Å². The van der Waals surface area contributed by atoms with Gasteiger partial charge < -0.3 is 26.0 Å². The van der Waals surface area contributed by atoms with Gasteiger partial charge in [-0.15, -0.1) is 0 Å². The van der Waals surface area contributed by atoms with Gasteiger partial charge in [0.25, 0.3) is 0 Å². The highest BCUT2D eigenvalue weighted by atomic mass is 16.5. The van der Waals surface area contributed by atoms with Crippen molar-refractivity contribution in [3.05, 3.63) is 48.0 Å². The molecule has 174 valence electrons. The molecule has 4 N–H and O–H groups in total. The number of carbonyl (C=O) groups is 3. The Bertz CT molecular complexity index is 1030. The minimum Gasteiger partial charge on any atom is -0.494 e. The van der Waals surface area contributed by atoms with E-state index in [2.05, 4.69) is 15.5 Å². The normalized spacial score (nSPS) is 16.0. The molecule has 0 unspecified atom stereocenters. The van der Waals surface area contributed by atoms with Crippen molar-refractivity contribution in [3.8, 4) is 5.75 Å². The fourth-order valence-electron chi connectivity index (χ4n) is 4.35. The van der Waals surface area contributed by atoms with E-state index in [4.69, 9.17) is 10.5 Å². The molecule has 1 saturated heterocycles. The maximum Gasteiger partial charge on any atom is 0.224 e. The number of piperidine rings is 1. The van der Waals surface area contributed by atoms with Crippen LogP contribution in [0.2, 0.25) is 0 Å². The van der Waals surface area contributed by atoms with E-state index < -0.39 is 0 Å². The summed E-state index contributed by atoms with van der Waals surface area (Å²) in [6.45, 7) is 1.90. The van der Waals surface area contributed by atoms with Gasteiger partial charge in [-0.2, -0.15) is 0 Å². The Hall–Kier alpha value is -3.55. The van der Waals surface area contributed by atoms with Gasteiger partial charge in [0.1, 0.15) is 5.75 Å². The molecule has 2 aliphatic rings. The lowest BCUT2D eigenvalue weighted by atomic mass is 9.96. The molecule has 0 bridgehead atoms. The highest BCUT2D eigenvalue weighted by Crippen LogP contribution is 2.30. The average Bonchev–Trinajstić information content (AvgIpc) is 2.82. The number of hydrogen-bond acceptors (Lipinski definition) is 5. The van der Waals surface area contributed by atoms with Gasteiger partial charge in [0.15, 0.2) is 0 Å². The van der Waals surface area contributed by atoms with Crippen LogP contribution >= 0.6 is 0 Å². The summed E-state index contributed by atoms with van der Waals surface area (Å²) in [5.74, 6) is 0.414. The Balaban J connectivity index is 1.24. The molecule has 8 heteroatoms. The smallest absolute Gasteiger partial charge is 0.224 e. The van der Waals surface area contributed by atoms with Gasteiger partial charge in [-0.05, 0) is 61.6 Å². The maximum atomic E-state index is 12.5. The molecule has 3 amide bonds. The summed E-state index contributed by atoms with van der Waals surface area (Å²) in [4.78, 5) is 37.6. The molecule has 0 spiro atoms. The van der Waals surface area contributed by atoms with Crippen LogP contribution in [0.5, 0.6) is 5.75 Å².